The van der Waals surface area contributed by atoms with Crippen LogP contribution in [0, 0.1) is 13.8 Å². The summed E-state index contributed by atoms with van der Waals surface area (Å²) in [5.74, 6) is 0.458. The second kappa shape index (κ2) is 7.03. The van der Waals surface area contributed by atoms with E-state index in [1.54, 1.807) is 0 Å². The monoisotopic (exact) mass is 329 g/mol. The molecule has 0 spiro atoms. The van der Waals surface area contributed by atoms with Gasteiger partial charge in [-0.05, 0) is 54.4 Å². The molecule has 2 N–H and O–H groups in total. The van der Waals surface area contributed by atoms with Gasteiger partial charge in [0.05, 0.1) is 0 Å². The Balaban J connectivity index is 2.52. The first-order valence-electron chi connectivity index (χ1n) is 8.08. The van der Waals surface area contributed by atoms with E-state index in [2.05, 4.69) is 70.3 Å². The van der Waals surface area contributed by atoms with Gasteiger partial charge in [-0.25, -0.2) is 0 Å². The molecule has 0 aliphatic rings. The maximum atomic E-state index is 10.8. The van der Waals surface area contributed by atoms with Gasteiger partial charge in [-0.2, -0.15) is 0 Å². The topological polar surface area (TPSA) is 32.3 Å². The molecule has 0 aromatic heterocycles. The summed E-state index contributed by atoms with van der Waals surface area (Å²) in [7, 11) is 2.43. The lowest BCUT2D eigenvalue weighted by atomic mass is 9.85. The number of rotatable bonds is 4. The van der Waals surface area contributed by atoms with E-state index in [0.717, 1.165) is 17.4 Å². The van der Waals surface area contributed by atoms with Crippen molar-refractivity contribution in [3.05, 3.63) is 52.6 Å². The molecule has 0 aliphatic heterocycles. The second-order valence-corrected chi connectivity index (χ2v) is 8.51. The van der Waals surface area contributed by atoms with Crippen LogP contribution in [0.3, 0.4) is 0 Å². The summed E-state index contributed by atoms with van der Waals surface area (Å²) >= 11 is 0. The summed E-state index contributed by atoms with van der Waals surface area (Å²) in [6.07, 6.45) is 0. The van der Waals surface area contributed by atoms with Crippen molar-refractivity contribution in [2.75, 3.05) is 7.05 Å². The molecule has 1 atom stereocenters. The first-order chi connectivity index (χ1) is 10.7. The highest BCUT2D eigenvalue weighted by Gasteiger charge is 2.21. The Morgan fingerprint density at radius 2 is 1.83 bits per heavy atom. The molecule has 0 fully saturated rings. The summed E-state index contributed by atoms with van der Waals surface area (Å²) in [6, 6.07) is 10.7. The highest BCUT2D eigenvalue weighted by atomic mass is 31.1. The molecule has 23 heavy (non-hydrogen) atoms. The first-order valence-corrected chi connectivity index (χ1v) is 9.08. The van der Waals surface area contributed by atoms with E-state index in [0.29, 0.717) is 14.3 Å². The average molecular weight is 329 g/mol. The van der Waals surface area contributed by atoms with E-state index >= 15 is 0 Å². The van der Waals surface area contributed by atoms with Gasteiger partial charge in [0.1, 0.15) is 5.75 Å². The van der Waals surface area contributed by atoms with Crippen LogP contribution in [0.25, 0.3) is 0 Å². The number of aryl methyl sites for hydroxylation is 2. The second-order valence-electron chi connectivity index (χ2n) is 7.22. The minimum absolute atomic E-state index is 0.0606. The largest absolute Gasteiger partial charge is 0.507 e. The number of phenols is 1. The molecule has 0 saturated carbocycles. The first kappa shape index (κ1) is 18.0. The molecular formula is C20H28NOP. The Bertz CT molecular complexity index is 702. The standard InChI is InChI=1S/C20H28NOP/c1-13-10-16(20(3,4)5)18(22)17(11-13)23-19-14(2)8-7-9-15(19)12-21-6/h7-11,21-23H,12H2,1-6H3. The predicted octanol–water partition coefficient (Wildman–Crippen LogP) is 3.66. The van der Waals surface area contributed by atoms with Crippen molar-refractivity contribution >= 4 is 19.2 Å². The van der Waals surface area contributed by atoms with Crippen LogP contribution >= 0.6 is 8.58 Å². The molecule has 0 bridgehead atoms. The third-order valence-corrected chi connectivity index (χ3v) is 5.66. The summed E-state index contributed by atoms with van der Waals surface area (Å²) in [5, 5.41) is 16.4. The molecule has 2 nitrogen and oxygen atoms in total. The van der Waals surface area contributed by atoms with Crippen molar-refractivity contribution in [2.24, 2.45) is 0 Å². The van der Waals surface area contributed by atoms with Gasteiger partial charge in [0.25, 0.3) is 0 Å². The minimum Gasteiger partial charge on any atom is -0.507 e. The lowest BCUT2D eigenvalue weighted by molar-refractivity contribution is 0.450. The lowest BCUT2D eigenvalue weighted by Crippen LogP contribution is -2.19. The predicted molar refractivity (Wildman–Crippen MR) is 103 cm³/mol. The van der Waals surface area contributed by atoms with Crippen LogP contribution in [0.15, 0.2) is 30.3 Å². The van der Waals surface area contributed by atoms with Gasteiger partial charge >= 0.3 is 0 Å². The molecule has 0 saturated heterocycles. The van der Waals surface area contributed by atoms with Crippen LogP contribution in [0.4, 0.5) is 0 Å². The quantitative estimate of drug-likeness (QED) is 0.839. The van der Waals surface area contributed by atoms with Crippen molar-refractivity contribution in [1.29, 1.82) is 0 Å². The number of phenolic OH excluding ortho intramolecular Hbond substituents is 1. The average Bonchev–Trinajstić information content (AvgIpc) is 2.45. The zero-order valence-electron chi connectivity index (χ0n) is 15.0. The van der Waals surface area contributed by atoms with Crippen molar-refractivity contribution in [3.63, 3.8) is 0 Å². The molecule has 124 valence electrons. The Morgan fingerprint density at radius 1 is 1.13 bits per heavy atom. The van der Waals surface area contributed by atoms with Crippen molar-refractivity contribution in [2.45, 2.75) is 46.6 Å². The van der Waals surface area contributed by atoms with E-state index in [9.17, 15) is 5.11 Å². The summed E-state index contributed by atoms with van der Waals surface area (Å²) < 4.78 is 0. The van der Waals surface area contributed by atoms with Gasteiger partial charge in [0, 0.05) is 17.4 Å². The fraction of sp³-hybridized carbons (Fsp3) is 0.400. The van der Waals surface area contributed by atoms with Gasteiger partial charge in [0.15, 0.2) is 0 Å². The Labute approximate surface area is 142 Å². The van der Waals surface area contributed by atoms with Crippen LogP contribution in [-0.4, -0.2) is 12.2 Å². The Kier molecular flexibility index (Phi) is 5.49. The van der Waals surface area contributed by atoms with Crippen molar-refractivity contribution < 1.29 is 5.11 Å². The van der Waals surface area contributed by atoms with Gasteiger partial charge in [0.2, 0.25) is 0 Å². The van der Waals surface area contributed by atoms with Crippen LogP contribution in [0.5, 0.6) is 5.75 Å². The molecule has 1 unspecified atom stereocenters. The number of hydrogen-bond acceptors (Lipinski definition) is 2. The van der Waals surface area contributed by atoms with Gasteiger partial charge in [-0.3, -0.25) is 0 Å². The normalized spacial score (nSPS) is 12.3. The molecule has 2 rings (SSSR count). The zero-order chi connectivity index (χ0) is 17.2. The summed E-state index contributed by atoms with van der Waals surface area (Å²) in [5.41, 5.74) is 4.77. The van der Waals surface area contributed by atoms with Crippen LogP contribution < -0.4 is 15.9 Å². The fourth-order valence-corrected chi connectivity index (χ4v) is 4.26. The molecule has 0 radical (unpaired) electrons. The SMILES string of the molecule is CNCc1cccc(C)c1Pc1cc(C)cc(C(C)(C)C)c1O. The number of nitrogens with one attached hydrogen (secondary N) is 1. The smallest absolute Gasteiger partial charge is 0.127 e. The molecule has 0 aliphatic carbocycles. The zero-order valence-corrected chi connectivity index (χ0v) is 16.0. The molecule has 3 heteroatoms. The van der Waals surface area contributed by atoms with Crippen molar-refractivity contribution in [1.82, 2.24) is 5.32 Å². The number of aromatic hydroxyl groups is 1. The van der Waals surface area contributed by atoms with Gasteiger partial charge < -0.3 is 10.4 Å². The van der Waals surface area contributed by atoms with Crippen LogP contribution in [0.2, 0.25) is 0 Å². The number of hydrogen-bond donors (Lipinski definition) is 2. The third-order valence-electron chi connectivity index (χ3n) is 4.05. The Morgan fingerprint density at radius 3 is 2.43 bits per heavy atom. The van der Waals surface area contributed by atoms with E-state index in [4.69, 9.17) is 0 Å². The third kappa shape index (κ3) is 4.13. The lowest BCUT2D eigenvalue weighted by Gasteiger charge is -2.23. The van der Waals surface area contributed by atoms with E-state index < -0.39 is 0 Å². The highest BCUT2D eigenvalue weighted by molar-refractivity contribution is 7.56. The summed E-state index contributed by atoms with van der Waals surface area (Å²) in [4.78, 5) is 0. The molecule has 2 aromatic rings. The molecular weight excluding hydrogens is 301 g/mol. The number of benzene rings is 2. The maximum Gasteiger partial charge on any atom is 0.127 e. The minimum atomic E-state index is -0.0606. The van der Waals surface area contributed by atoms with Crippen LogP contribution in [-0.2, 0) is 12.0 Å². The van der Waals surface area contributed by atoms with E-state index in [1.807, 2.05) is 7.05 Å². The molecule has 0 amide bonds. The van der Waals surface area contributed by atoms with Gasteiger partial charge in [-0.15, -0.1) is 0 Å². The Hall–Kier alpha value is -1.37. The fourth-order valence-electron chi connectivity index (χ4n) is 2.83. The maximum absolute atomic E-state index is 10.8. The van der Waals surface area contributed by atoms with E-state index in [-0.39, 0.29) is 5.41 Å². The summed E-state index contributed by atoms with van der Waals surface area (Å²) in [6.45, 7) is 11.6. The molecule has 2 aromatic carbocycles. The van der Waals surface area contributed by atoms with Crippen LogP contribution in [0.1, 0.15) is 43.0 Å². The van der Waals surface area contributed by atoms with Crippen molar-refractivity contribution in [3.8, 4) is 5.75 Å². The molecule has 0 heterocycles. The van der Waals surface area contributed by atoms with E-state index in [1.165, 1.54) is 22.0 Å². The highest BCUT2D eigenvalue weighted by Crippen LogP contribution is 2.33. The van der Waals surface area contributed by atoms with Gasteiger partial charge in [-0.1, -0.05) is 53.6 Å².